The SMILES string of the molecule is CC1(C)OC[C@@H]2OC(O)C(O)[C@H]2O1. The van der Waals surface area contributed by atoms with Gasteiger partial charge in [0.25, 0.3) is 0 Å². The fourth-order valence-corrected chi connectivity index (χ4v) is 1.64. The maximum atomic E-state index is 9.47. The van der Waals surface area contributed by atoms with Crippen LogP contribution in [-0.2, 0) is 14.2 Å². The van der Waals surface area contributed by atoms with Crippen molar-refractivity contribution in [1.29, 1.82) is 0 Å². The van der Waals surface area contributed by atoms with Crippen LogP contribution >= 0.6 is 0 Å². The van der Waals surface area contributed by atoms with Crippen molar-refractivity contribution in [2.45, 2.75) is 44.2 Å². The Morgan fingerprint density at radius 1 is 1.31 bits per heavy atom. The van der Waals surface area contributed by atoms with Gasteiger partial charge in [-0.2, -0.15) is 0 Å². The third-order valence-electron chi connectivity index (χ3n) is 2.32. The van der Waals surface area contributed by atoms with Gasteiger partial charge in [0.2, 0.25) is 0 Å². The number of ether oxygens (including phenoxy) is 3. The van der Waals surface area contributed by atoms with Gasteiger partial charge in [-0.1, -0.05) is 0 Å². The van der Waals surface area contributed by atoms with Gasteiger partial charge in [-0.3, -0.25) is 0 Å². The molecule has 2 aliphatic heterocycles. The molecule has 2 aliphatic rings. The van der Waals surface area contributed by atoms with E-state index in [1.54, 1.807) is 13.8 Å². The lowest BCUT2D eigenvalue weighted by molar-refractivity contribution is -0.300. The minimum absolute atomic E-state index is 0.339. The summed E-state index contributed by atoms with van der Waals surface area (Å²) in [5, 5.41) is 18.7. The average Bonchev–Trinajstić information content (AvgIpc) is 2.29. The molecule has 0 spiro atoms. The van der Waals surface area contributed by atoms with Crippen LogP contribution in [0.15, 0.2) is 0 Å². The molecule has 2 N–H and O–H groups in total. The summed E-state index contributed by atoms with van der Waals surface area (Å²) in [5.41, 5.74) is 0. The molecule has 0 saturated carbocycles. The monoisotopic (exact) mass is 190 g/mol. The van der Waals surface area contributed by atoms with Crippen LogP contribution < -0.4 is 0 Å². The normalized spacial score (nSPS) is 48.9. The van der Waals surface area contributed by atoms with Crippen LogP contribution in [0.1, 0.15) is 13.8 Å². The van der Waals surface area contributed by atoms with E-state index in [-0.39, 0.29) is 6.10 Å². The van der Waals surface area contributed by atoms with Gasteiger partial charge in [-0.05, 0) is 13.8 Å². The highest BCUT2D eigenvalue weighted by Gasteiger charge is 2.49. The van der Waals surface area contributed by atoms with Crippen LogP contribution in [0.2, 0.25) is 0 Å². The Morgan fingerprint density at radius 3 is 2.69 bits per heavy atom. The predicted octanol–water partition coefficient (Wildman–Crippen LogP) is -0.784. The molecule has 2 unspecified atom stereocenters. The van der Waals surface area contributed by atoms with Gasteiger partial charge >= 0.3 is 0 Å². The van der Waals surface area contributed by atoms with E-state index < -0.39 is 24.3 Å². The lowest BCUT2D eigenvalue weighted by atomic mass is 10.1. The van der Waals surface area contributed by atoms with E-state index in [1.807, 2.05) is 0 Å². The van der Waals surface area contributed by atoms with Crippen molar-refractivity contribution in [3.8, 4) is 0 Å². The maximum absolute atomic E-state index is 9.47. The average molecular weight is 190 g/mol. The molecule has 5 nitrogen and oxygen atoms in total. The molecule has 76 valence electrons. The number of hydrogen-bond donors (Lipinski definition) is 2. The number of fused-ring (bicyclic) bond motifs is 1. The van der Waals surface area contributed by atoms with E-state index in [2.05, 4.69) is 0 Å². The summed E-state index contributed by atoms with van der Waals surface area (Å²) in [7, 11) is 0. The van der Waals surface area contributed by atoms with E-state index in [0.29, 0.717) is 6.61 Å². The summed E-state index contributed by atoms with van der Waals surface area (Å²) in [6.07, 6.45) is -2.99. The van der Waals surface area contributed by atoms with Crippen molar-refractivity contribution in [2.75, 3.05) is 6.61 Å². The smallest absolute Gasteiger partial charge is 0.184 e. The Balaban J connectivity index is 2.09. The molecular weight excluding hydrogens is 176 g/mol. The summed E-state index contributed by atoms with van der Waals surface area (Å²) in [5.74, 6) is -0.713. The Labute approximate surface area is 76.2 Å². The van der Waals surface area contributed by atoms with Gasteiger partial charge in [-0.15, -0.1) is 0 Å². The van der Waals surface area contributed by atoms with Crippen molar-refractivity contribution in [3.63, 3.8) is 0 Å². The zero-order valence-electron chi connectivity index (χ0n) is 7.64. The van der Waals surface area contributed by atoms with E-state index >= 15 is 0 Å². The van der Waals surface area contributed by atoms with Gasteiger partial charge in [-0.25, -0.2) is 0 Å². The highest BCUT2D eigenvalue weighted by atomic mass is 16.8. The van der Waals surface area contributed by atoms with E-state index in [1.165, 1.54) is 0 Å². The summed E-state index contributed by atoms with van der Waals surface area (Å²) < 4.78 is 15.8. The van der Waals surface area contributed by atoms with Gasteiger partial charge in [0.15, 0.2) is 12.1 Å². The molecule has 4 atom stereocenters. The first-order chi connectivity index (χ1) is 5.99. The van der Waals surface area contributed by atoms with Crippen LogP contribution in [-0.4, -0.2) is 47.2 Å². The topological polar surface area (TPSA) is 68.2 Å². The minimum atomic E-state index is -1.16. The van der Waals surface area contributed by atoms with Crippen LogP contribution in [0.4, 0.5) is 0 Å². The van der Waals surface area contributed by atoms with Gasteiger partial charge in [0.1, 0.15) is 18.3 Å². The molecule has 2 saturated heterocycles. The predicted molar refractivity (Wildman–Crippen MR) is 41.8 cm³/mol. The third-order valence-corrected chi connectivity index (χ3v) is 2.32. The van der Waals surface area contributed by atoms with Crippen molar-refractivity contribution in [2.24, 2.45) is 0 Å². The Kier molecular flexibility index (Phi) is 2.08. The van der Waals surface area contributed by atoms with Gasteiger partial charge < -0.3 is 24.4 Å². The highest BCUT2D eigenvalue weighted by molar-refractivity contribution is 4.90. The van der Waals surface area contributed by atoms with Gasteiger partial charge in [0.05, 0.1) is 6.61 Å². The molecule has 0 aliphatic carbocycles. The maximum Gasteiger partial charge on any atom is 0.184 e. The van der Waals surface area contributed by atoms with E-state index in [4.69, 9.17) is 14.2 Å². The first-order valence-electron chi connectivity index (χ1n) is 4.33. The minimum Gasteiger partial charge on any atom is -0.385 e. The molecule has 0 bridgehead atoms. The molecule has 5 heteroatoms. The Morgan fingerprint density at radius 2 is 2.00 bits per heavy atom. The van der Waals surface area contributed by atoms with E-state index in [0.717, 1.165) is 0 Å². The quantitative estimate of drug-likeness (QED) is 0.524. The zero-order valence-corrected chi connectivity index (χ0v) is 7.64. The lowest BCUT2D eigenvalue weighted by Gasteiger charge is -2.37. The zero-order chi connectivity index (χ0) is 9.64. The summed E-state index contributed by atoms with van der Waals surface area (Å²) >= 11 is 0. The van der Waals surface area contributed by atoms with Crippen LogP contribution in [0.3, 0.4) is 0 Å². The molecule has 0 amide bonds. The standard InChI is InChI=1S/C8H14O5/c1-8(2)11-3-4-6(13-8)5(9)7(10)12-4/h4-7,9-10H,3H2,1-2H3/t4-,5?,6-,7?/m0/s1. The van der Waals surface area contributed by atoms with Crippen molar-refractivity contribution in [1.82, 2.24) is 0 Å². The second kappa shape index (κ2) is 2.90. The van der Waals surface area contributed by atoms with E-state index in [9.17, 15) is 10.2 Å². The van der Waals surface area contributed by atoms with Crippen molar-refractivity contribution < 1.29 is 24.4 Å². The first kappa shape index (κ1) is 9.36. The summed E-state index contributed by atoms with van der Waals surface area (Å²) in [6, 6.07) is 0. The Hall–Kier alpha value is -0.200. The van der Waals surface area contributed by atoms with Crippen LogP contribution in [0.25, 0.3) is 0 Å². The highest BCUT2D eigenvalue weighted by Crippen LogP contribution is 2.32. The Bertz CT molecular complexity index is 205. The summed E-state index contributed by atoms with van der Waals surface area (Å²) in [4.78, 5) is 0. The fourth-order valence-electron chi connectivity index (χ4n) is 1.64. The summed E-state index contributed by atoms with van der Waals surface area (Å²) in [6.45, 7) is 3.87. The van der Waals surface area contributed by atoms with Crippen molar-refractivity contribution >= 4 is 0 Å². The second-order valence-corrected chi connectivity index (χ2v) is 3.85. The van der Waals surface area contributed by atoms with Crippen molar-refractivity contribution in [3.05, 3.63) is 0 Å². The molecule has 0 aromatic rings. The molecule has 2 heterocycles. The van der Waals surface area contributed by atoms with Crippen LogP contribution in [0.5, 0.6) is 0 Å². The van der Waals surface area contributed by atoms with Gasteiger partial charge in [0, 0.05) is 0 Å². The van der Waals surface area contributed by atoms with Crippen LogP contribution in [0, 0.1) is 0 Å². The fraction of sp³-hybridized carbons (Fsp3) is 1.00. The molecular formula is C8H14O5. The number of hydrogen-bond acceptors (Lipinski definition) is 5. The molecule has 0 aromatic carbocycles. The number of rotatable bonds is 0. The molecule has 13 heavy (non-hydrogen) atoms. The lowest BCUT2D eigenvalue weighted by Crippen LogP contribution is -2.50. The number of aliphatic hydroxyl groups excluding tert-OH is 2. The molecule has 2 rings (SSSR count). The second-order valence-electron chi connectivity index (χ2n) is 3.85. The molecule has 2 fully saturated rings. The molecule has 0 radical (unpaired) electrons. The molecule has 0 aromatic heterocycles. The first-order valence-corrected chi connectivity index (χ1v) is 4.33. The third kappa shape index (κ3) is 1.58. The number of aliphatic hydroxyl groups is 2. The largest absolute Gasteiger partial charge is 0.385 e.